The highest BCUT2D eigenvalue weighted by Crippen LogP contribution is 2.14. The minimum absolute atomic E-state index is 0.0586. The highest BCUT2D eigenvalue weighted by atomic mass is 16.4. The normalized spacial score (nSPS) is 11.3. The van der Waals surface area contributed by atoms with E-state index in [-0.39, 0.29) is 12.5 Å². The highest BCUT2D eigenvalue weighted by Gasteiger charge is 2.15. The molecule has 0 bridgehead atoms. The molecule has 7 heteroatoms. The van der Waals surface area contributed by atoms with Crippen LogP contribution in [0.15, 0.2) is 24.3 Å². The van der Waals surface area contributed by atoms with Gasteiger partial charge < -0.3 is 21.1 Å². The second kappa shape index (κ2) is 7.88. The first kappa shape index (κ1) is 16.5. The molecule has 1 aromatic rings. The molecule has 0 aromatic heterocycles. The molecule has 4 N–H and O–H groups in total. The van der Waals surface area contributed by atoms with Crippen molar-refractivity contribution < 1.29 is 19.5 Å². The number of nitrogens with one attached hydrogen (secondary N) is 3. The minimum atomic E-state index is -0.939. The van der Waals surface area contributed by atoms with E-state index in [0.717, 1.165) is 0 Å². The van der Waals surface area contributed by atoms with E-state index < -0.39 is 17.9 Å². The van der Waals surface area contributed by atoms with E-state index in [2.05, 4.69) is 16.0 Å². The van der Waals surface area contributed by atoms with Gasteiger partial charge in [-0.1, -0.05) is 13.0 Å². The molecule has 3 amide bonds. The summed E-state index contributed by atoms with van der Waals surface area (Å²) in [5.74, 6) is -1.75. The van der Waals surface area contributed by atoms with Crippen LogP contribution in [0.25, 0.3) is 0 Å². The summed E-state index contributed by atoms with van der Waals surface area (Å²) in [6, 6.07) is 6.17. The summed E-state index contributed by atoms with van der Waals surface area (Å²) in [6.45, 7) is 3.20. The molecule has 0 heterocycles. The van der Waals surface area contributed by atoms with Gasteiger partial charge in [0.25, 0.3) is 0 Å². The van der Waals surface area contributed by atoms with E-state index in [1.807, 2.05) is 0 Å². The van der Waals surface area contributed by atoms with E-state index in [9.17, 15) is 14.4 Å². The summed E-state index contributed by atoms with van der Waals surface area (Å²) in [5, 5.41) is 16.6. The standard InChI is InChI=1S/C14H19N3O4/c1-3-10(13(19)20)8-15-14(21)17-12-6-4-5-11(7-12)16-9(2)18/h4-7,10H,3,8H2,1-2H3,(H,16,18)(H,19,20)(H2,15,17,21). The third-order valence-corrected chi connectivity index (χ3v) is 2.79. The summed E-state index contributed by atoms with van der Waals surface area (Å²) >= 11 is 0. The Hall–Kier alpha value is -2.57. The maximum atomic E-state index is 11.7. The topological polar surface area (TPSA) is 108 Å². The van der Waals surface area contributed by atoms with Crippen LogP contribution in [0.3, 0.4) is 0 Å². The van der Waals surface area contributed by atoms with Gasteiger partial charge in [-0.2, -0.15) is 0 Å². The van der Waals surface area contributed by atoms with Crippen molar-refractivity contribution in [2.24, 2.45) is 5.92 Å². The number of carbonyl (C=O) groups excluding carboxylic acids is 2. The molecule has 1 unspecified atom stereocenters. The number of carboxylic acids is 1. The van der Waals surface area contributed by atoms with Crippen LogP contribution in [0.2, 0.25) is 0 Å². The smallest absolute Gasteiger partial charge is 0.319 e. The number of carboxylic acid groups (broad SMARTS) is 1. The van der Waals surface area contributed by atoms with Gasteiger partial charge in [0.15, 0.2) is 0 Å². The quantitative estimate of drug-likeness (QED) is 0.642. The van der Waals surface area contributed by atoms with Crippen LogP contribution in [-0.2, 0) is 9.59 Å². The highest BCUT2D eigenvalue weighted by molar-refractivity contribution is 5.92. The van der Waals surface area contributed by atoms with Gasteiger partial charge in [-0.05, 0) is 24.6 Å². The molecule has 0 fully saturated rings. The number of rotatable bonds is 6. The molecule has 1 aromatic carbocycles. The molecular weight excluding hydrogens is 274 g/mol. The molecule has 7 nitrogen and oxygen atoms in total. The van der Waals surface area contributed by atoms with E-state index >= 15 is 0 Å². The zero-order chi connectivity index (χ0) is 15.8. The largest absolute Gasteiger partial charge is 0.481 e. The molecule has 21 heavy (non-hydrogen) atoms. The number of hydrogen-bond acceptors (Lipinski definition) is 3. The van der Waals surface area contributed by atoms with Gasteiger partial charge >= 0.3 is 12.0 Å². The van der Waals surface area contributed by atoms with Gasteiger partial charge in [0.1, 0.15) is 0 Å². The van der Waals surface area contributed by atoms with Crippen molar-refractivity contribution in [1.82, 2.24) is 5.32 Å². The lowest BCUT2D eigenvalue weighted by Gasteiger charge is -2.12. The van der Waals surface area contributed by atoms with Gasteiger partial charge in [0, 0.05) is 24.8 Å². The number of urea groups is 1. The van der Waals surface area contributed by atoms with Crippen LogP contribution in [0.1, 0.15) is 20.3 Å². The number of aliphatic carboxylic acids is 1. The number of benzene rings is 1. The van der Waals surface area contributed by atoms with Crippen LogP contribution in [0.4, 0.5) is 16.2 Å². The van der Waals surface area contributed by atoms with Crippen molar-refractivity contribution in [3.8, 4) is 0 Å². The Kier molecular flexibility index (Phi) is 6.19. The summed E-state index contributed by atoms with van der Waals surface area (Å²) in [6.07, 6.45) is 0.438. The predicted octanol–water partition coefficient (Wildman–Crippen LogP) is 1.88. The molecule has 0 radical (unpaired) electrons. The Morgan fingerprint density at radius 2 is 1.81 bits per heavy atom. The van der Waals surface area contributed by atoms with E-state index in [1.54, 1.807) is 31.2 Å². The van der Waals surface area contributed by atoms with Crippen molar-refractivity contribution in [1.29, 1.82) is 0 Å². The Morgan fingerprint density at radius 1 is 1.19 bits per heavy atom. The van der Waals surface area contributed by atoms with Crippen LogP contribution < -0.4 is 16.0 Å². The second-order valence-corrected chi connectivity index (χ2v) is 4.54. The van der Waals surface area contributed by atoms with Gasteiger partial charge in [0.05, 0.1) is 5.92 Å². The van der Waals surface area contributed by atoms with Crippen molar-refractivity contribution >= 4 is 29.3 Å². The molecule has 0 saturated carbocycles. The van der Waals surface area contributed by atoms with Crippen molar-refractivity contribution in [3.63, 3.8) is 0 Å². The summed E-state index contributed by atoms with van der Waals surface area (Å²) in [7, 11) is 0. The second-order valence-electron chi connectivity index (χ2n) is 4.54. The van der Waals surface area contributed by atoms with Gasteiger partial charge in [-0.15, -0.1) is 0 Å². The minimum Gasteiger partial charge on any atom is -0.481 e. The van der Waals surface area contributed by atoms with Crippen molar-refractivity contribution in [2.75, 3.05) is 17.2 Å². The fourth-order valence-electron chi connectivity index (χ4n) is 1.68. The van der Waals surface area contributed by atoms with Crippen molar-refractivity contribution in [3.05, 3.63) is 24.3 Å². The third kappa shape index (κ3) is 5.94. The van der Waals surface area contributed by atoms with Gasteiger partial charge in [-0.25, -0.2) is 4.79 Å². The molecule has 0 aliphatic heterocycles. The molecule has 0 aliphatic carbocycles. The molecule has 0 spiro atoms. The van der Waals surface area contributed by atoms with Gasteiger partial charge in [-0.3, -0.25) is 9.59 Å². The Labute approximate surface area is 122 Å². The summed E-state index contributed by atoms with van der Waals surface area (Å²) in [5.41, 5.74) is 1.07. The molecule has 1 rings (SSSR count). The average Bonchev–Trinajstić information content (AvgIpc) is 2.38. The first-order valence-electron chi connectivity index (χ1n) is 6.57. The lowest BCUT2D eigenvalue weighted by atomic mass is 10.1. The zero-order valence-electron chi connectivity index (χ0n) is 12.0. The predicted molar refractivity (Wildman–Crippen MR) is 79.2 cm³/mol. The first-order valence-corrected chi connectivity index (χ1v) is 6.57. The number of carbonyl (C=O) groups is 3. The SMILES string of the molecule is CCC(CNC(=O)Nc1cccc(NC(C)=O)c1)C(=O)O. The number of amides is 3. The molecular formula is C14H19N3O4. The van der Waals surface area contributed by atoms with E-state index in [4.69, 9.17) is 5.11 Å². The van der Waals surface area contributed by atoms with Crippen LogP contribution >= 0.6 is 0 Å². The van der Waals surface area contributed by atoms with E-state index in [1.165, 1.54) is 6.92 Å². The third-order valence-electron chi connectivity index (χ3n) is 2.79. The van der Waals surface area contributed by atoms with Crippen LogP contribution in [0, 0.1) is 5.92 Å². The lowest BCUT2D eigenvalue weighted by Crippen LogP contribution is -2.35. The monoisotopic (exact) mass is 293 g/mol. The Morgan fingerprint density at radius 3 is 2.33 bits per heavy atom. The number of anilines is 2. The maximum absolute atomic E-state index is 11.7. The molecule has 1 atom stereocenters. The maximum Gasteiger partial charge on any atom is 0.319 e. The Balaban J connectivity index is 2.54. The molecule has 114 valence electrons. The first-order chi connectivity index (χ1) is 9.92. The Bertz CT molecular complexity index is 531. The molecule has 0 aliphatic rings. The summed E-state index contributed by atoms with van der Waals surface area (Å²) in [4.78, 5) is 33.5. The van der Waals surface area contributed by atoms with E-state index in [0.29, 0.717) is 17.8 Å². The average molecular weight is 293 g/mol. The fraction of sp³-hybridized carbons (Fsp3) is 0.357. The van der Waals surface area contributed by atoms with Gasteiger partial charge in [0.2, 0.25) is 5.91 Å². The van der Waals surface area contributed by atoms with Crippen LogP contribution in [-0.4, -0.2) is 29.6 Å². The van der Waals surface area contributed by atoms with Crippen LogP contribution in [0.5, 0.6) is 0 Å². The summed E-state index contributed by atoms with van der Waals surface area (Å²) < 4.78 is 0. The lowest BCUT2D eigenvalue weighted by molar-refractivity contribution is -0.141. The number of hydrogen-bond donors (Lipinski definition) is 4. The van der Waals surface area contributed by atoms with Crippen molar-refractivity contribution in [2.45, 2.75) is 20.3 Å². The molecule has 0 saturated heterocycles. The zero-order valence-corrected chi connectivity index (χ0v) is 12.0. The fourth-order valence-corrected chi connectivity index (χ4v) is 1.68.